The lowest BCUT2D eigenvalue weighted by atomic mass is 10.2. The van der Waals surface area contributed by atoms with Crippen molar-refractivity contribution in [1.82, 2.24) is 10.3 Å². The van der Waals surface area contributed by atoms with Crippen LogP contribution in [0.3, 0.4) is 0 Å². The van der Waals surface area contributed by atoms with Crippen LogP contribution in [0.15, 0.2) is 18.3 Å². The van der Waals surface area contributed by atoms with E-state index < -0.39 is 0 Å². The van der Waals surface area contributed by atoms with Gasteiger partial charge in [0.1, 0.15) is 5.82 Å². The van der Waals surface area contributed by atoms with Gasteiger partial charge in [0.15, 0.2) is 0 Å². The Morgan fingerprint density at radius 2 is 2.11 bits per heavy atom. The lowest BCUT2D eigenvalue weighted by Gasteiger charge is -2.11. The molecule has 1 atom stereocenters. The van der Waals surface area contributed by atoms with E-state index >= 15 is 0 Å². The van der Waals surface area contributed by atoms with Crippen LogP contribution >= 0.6 is 0 Å². The van der Waals surface area contributed by atoms with Gasteiger partial charge in [-0.05, 0) is 31.9 Å². The Morgan fingerprint density at radius 1 is 1.32 bits per heavy atom. The maximum atomic E-state index is 11.9. The highest BCUT2D eigenvalue weighted by atomic mass is 16.1. The molecule has 0 aliphatic carbocycles. The molecule has 0 saturated carbocycles. The molecule has 1 aromatic heterocycles. The molecule has 0 spiro atoms. The highest BCUT2D eigenvalue weighted by Gasteiger charge is 2.08. The van der Waals surface area contributed by atoms with Crippen molar-refractivity contribution in [3.63, 3.8) is 0 Å². The van der Waals surface area contributed by atoms with E-state index in [-0.39, 0.29) is 11.9 Å². The normalized spacial score (nSPS) is 11.9. The fourth-order valence-corrected chi connectivity index (χ4v) is 1.63. The summed E-state index contributed by atoms with van der Waals surface area (Å²) in [7, 11) is 0. The zero-order valence-corrected chi connectivity index (χ0v) is 12.2. The highest BCUT2D eigenvalue weighted by Crippen LogP contribution is 2.06. The topological polar surface area (TPSA) is 54.0 Å². The first-order chi connectivity index (χ1) is 9.17. The fourth-order valence-electron chi connectivity index (χ4n) is 1.63. The van der Waals surface area contributed by atoms with Gasteiger partial charge in [-0.2, -0.15) is 0 Å². The maximum absolute atomic E-state index is 11.9. The number of aromatic nitrogens is 1. The number of rotatable bonds is 8. The summed E-state index contributed by atoms with van der Waals surface area (Å²) in [5, 5.41) is 6.18. The van der Waals surface area contributed by atoms with Gasteiger partial charge in [-0.25, -0.2) is 4.98 Å². The smallest absolute Gasteiger partial charge is 0.253 e. The molecule has 0 radical (unpaired) electrons. The molecule has 19 heavy (non-hydrogen) atoms. The summed E-state index contributed by atoms with van der Waals surface area (Å²) in [6.07, 6.45) is 6.14. The van der Waals surface area contributed by atoms with E-state index in [1.807, 2.05) is 26.0 Å². The number of hydrogen-bond acceptors (Lipinski definition) is 3. The van der Waals surface area contributed by atoms with Gasteiger partial charge in [-0.3, -0.25) is 4.79 Å². The molecule has 106 valence electrons. The second-order valence-electron chi connectivity index (χ2n) is 4.85. The largest absolute Gasteiger partial charge is 0.370 e. The summed E-state index contributed by atoms with van der Waals surface area (Å²) in [4.78, 5) is 16.1. The third kappa shape index (κ3) is 5.73. The fraction of sp³-hybridized carbons (Fsp3) is 0.600. The number of pyridine rings is 1. The predicted molar refractivity (Wildman–Crippen MR) is 79.5 cm³/mol. The van der Waals surface area contributed by atoms with Crippen molar-refractivity contribution in [2.24, 2.45) is 0 Å². The molecule has 0 saturated heterocycles. The zero-order chi connectivity index (χ0) is 14.1. The van der Waals surface area contributed by atoms with Crippen LogP contribution in [0.25, 0.3) is 0 Å². The Hall–Kier alpha value is -1.58. The van der Waals surface area contributed by atoms with Crippen molar-refractivity contribution < 1.29 is 4.79 Å². The highest BCUT2D eigenvalue weighted by molar-refractivity contribution is 5.94. The number of carbonyl (C=O) groups excluding carboxylic acids is 1. The minimum absolute atomic E-state index is 0.0561. The molecule has 0 fully saturated rings. The van der Waals surface area contributed by atoms with E-state index in [2.05, 4.69) is 22.5 Å². The molecule has 0 bridgehead atoms. The Morgan fingerprint density at radius 3 is 2.68 bits per heavy atom. The van der Waals surface area contributed by atoms with Crippen molar-refractivity contribution in [1.29, 1.82) is 0 Å². The minimum atomic E-state index is -0.0561. The second-order valence-corrected chi connectivity index (χ2v) is 4.85. The van der Waals surface area contributed by atoms with Gasteiger partial charge in [0.2, 0.25) is 0 Å². The van der Waals surface area contributed by atoms with Gasteiger partial charge in [0, 0.05) is 18.8 Å². The van der Waals surface area contributed by atoms with Crippen LogP contribution in [0.4, 0.5) is 5.82 Å². The van der Waals surface area contributed by atoms with Crippen LogP contribution in [0.5, 0.6) is 0 Å². The van der Waals surface area contributed by atoms with Gasteiger partial charge in [0.05, 0.1) is 5.56 Å². The number of nitrogens with one attached hydrogen (secondary N) is 2. The molecule has 0 aliphatic rings. The Kier molecular flexibility index (Phi) is 6.93. The molecule has 1 aromatic rings. The van der Waals surface area contributed by atoms with Crippen LogP contribution in [0.1, 0.15) is 56.8 Å². The van der Waals surface area contributed by atoms with Gasteiger partial charge >= 0.3 is 0 Å². The second kappa shape index (κ2) is 8.51. The Labute approximate surface area is 116 Å². The van der Waals surface area contributed by atoms with Crippen LogP contribution in [-0.2, 0) is 0 Å². The lowest BCUT2D eigenvalue weighted by molar-refractivity contribution is 0.0939. The average molecular weight is 263 g/mol. The monoisotopic (exact) mass is 263 g/mol. The first-order valence-corrected chi connectivity index (χ1v) is 7.18. The third-order valence-electron chi connectivity index (χ3n) is 3.10. The van der Waals surface area contributed by atoms with Crippen LogP contribution < -0.4 is 10.6 Å². The molecular formula is C15H25N3O. The number of carbonyl (C=O) groups is 1. The average Bonchev–Trinajstić information content (AvgIpc) is 2.44. The number of hydrogen-bond donors (Lipinski definition) is 2. The van der Waals surface area contributed by atoms with Crippen molar-refractivity contribution in [3.8, 4) is 0 Å². The summed E-state index contributed by atoms with van der Waals surface area (Å²) < 4.78 is 0. The lowest BCUT2D eigenvalue weighted by Crippen LogP contribution is -2.31. The molecule has 1 heterocycles. The molecule has 1 rings (SSSR count). The van der Waals surface area contributed by atoms with Crippen molar-refractivity contribution >= 4 is 11.7 Å². The van der Waals surface area contributed by atoms with Gasteiger partial charge in [-0.15, -0.1) is 0 Å². The van der Waals surface area contributed by atoms with Gasteiger partial charge in [0.25, 0.3) is 5.91 Å². The molecule has 4 heteroatoms. The maximum Gasteiger partial charge on any atom is 0.253 e. The van der Waals surface area contributed by atoms with Crippen molar-refractivity contribution in [3.05, 3.63) is 23.9 Å². The van der Waals surface area contributed by atoms with Gasteiger partial charge < -0.3 is 10.6 Å². The molecule has 0 aromatic carbocycles. The third-order valence-corrected chi connectivity index (χ3v) is 3.10. The summed E-state index contributed by atoms with van der Waals surface area (Å²) in [5.41, 5.74) is 0.611. The van der Waals surface area contributed by atoms with Gasteiger partial charge in [-0.1, -0.05) is 26.7 Å². The molecule has 1 unspecified atom stereocenters. The van der Waals surface area contributed by atoms with E-state index in [0.29, 0.717) is 5.56 Å². The molecule has 1 amide bonds. The number of anilines is 1. The summed E-state index contributed by atoms with van der Waals surface area (Å²) in [6, 6.07) is 3.86. The molecule has 4 nitrogen and oxygen atoms in total. The molecule has 2 N–H and O–H groups in total. The zero-order valence-electron chi connectivity index (χ0n) is 12.2. The van der Waals surface area contributed by atoms with Crippen molar-refractivity contribution in [2.45, 2.75) is 52.5 Å². The quantitative estimate of drug-likeness (QED) is 0.708. The first kappa shape index (κ1) is 15.5. The number of amides is 1. The van der Waals surface area contributed by atoms with Crippen LogP contribution in [0.2, 0.25) is 0 Å². The SMILES string of the molecule is CCCCCNc1ccc(C(=O)NC(C)CC)cn1. The molecular weight excluding hydrogens is 238 g/mol. The predicted octanol–water partition coefficient (Wildman–Crippen LogP) is 3.21. The summed E-state index contributed by atoms with van der Waals surface area (Å²) >= 11 is 0. The summed E-state index contributed by atoms with van der Waals surface area (Å²) in [6.45, 7) is 7.16. The van der Waals surface area contributed by atoms with E-state index in [4.69, 9.17) is 0 Å². The Balaban J connectivity index is 2.44. The first-order valence-electron chi connectivity index (χ1n) is 7.18. The van der Waals surface area contributed by atoms with E-state index in [9.17, 15) is 4.79 Å². The van der Waals surface area contributed by atoms with E-state index in [0.717, 1.165) is 25.2 Å². The summed E-state index contributed by atoms with van der Waals surface area (Å²) in [5.74, 6) is 0.774. The number of nitrogens with zero attached hydrogens (tertiary/aromatic N) is 1. The minimum Gasteiger partial charge on any atom is -0.370 e. The van der Waals surface area contributed by atoms with Crippen molar-refractivity contribution in [2.75, 3.05) is 11.9 Å². The molecule has 0 aliphatic heterocycles. The Bertz CT molecular complexity index is 375. The van der Waals surface area contributed by atoms with Crippen LogP contribution in [0, 0.1) is 0 Å². The van der Waals surface area contributed by atoms with E-state index in [1.54, 1.807) is 6.20 Å². The van der Waals surface area contributed by atoms with E-state index in [1.165, 1.54) is 12.8 Å². The standard InChI is InChI=1S/C15H25N3O/c1-4-6-7-10-16-14-9-8-13(11-17-14)15(19)18-12(3)5-2/h8-9,11-12H,4-7,10H2,1-3H3,(H,16,17)(H,18,19). The van der Waals surface area contributed by atoms with Crippen LogP contribution in [-0.4, -0.2) is 23.5 Å². The number of unbranched alkanes of at least 4 members (excludes halogenated alkanes) is 2.